The fourth-order valence-corrected chi connectivity index (χ4v) is 5.51. The van der Waals surface area contributed by atoms with E-state index in [0.29, 0.717) is 34.5 Å². The van der Waals surface area contributed by atoms with Crippen molar-refractivity contribution in [1.82, 2.24) is 4.90 Å². The fraction of sp³-hybridized carbons (Fsp3) is 0.129. The Morgan fingerprint density at radius 3 is 2.51 bits per heavy atom. The highest BCUT2D eigenvalue weighted by Gasteiger charge is 2.30. The summed E-state index contributed by atoms with van der Waals surface area (Å²) in [5.41, 5.74) is 3.05. The Bertz CT molecular complexity index is 1610. The number of halogens is 1. The van der Waals surface area contributed by atoms with Crippen molar-refractivity contribution >= 4 is 67.3 Å². The standard InChI is InChI=1S/C31H25BrN2O4S/c1-3-37-30(36)23-11-13-25(14-12-23)33-31-34(2)29(35)28(39-31)18-20-9-15-27(26(32)17-20)38-19-21-8-10-22-6-4-5-7-24(22)16-21/h4-18H,3,19H2,1-2H3. The van der Waals surface area contributed by atoms with E-state index < -0.39 is 0 Å². The summed E-state index contributed by atoms with van der Waals surface area (Å²) >= 11 is 4.91. The maximum Gasteiger partial charge on any atom is 0.338 e. The molecule has 1 aliphatic rings. The molecule has 6 nitrogen and oxygen atoms in total. The number of rotatable bonds is 7. The van der Waals surface area contributed by atoms with E-state index in [4.69, 9.17) is 9.47 Å². The van der Waals surface area contributed by atoms with Gasteiger partial charge in [0, 0.05) is 7.05 Å². The molecule has 1 fully saturated rings. The van der Waals surface area contributed by atoms with E-state index in [1.165, 1.54) is 27.4 Å². The maximum absolute atomic E-state index is 12.9. The van der Waals surface area contributed by atoms with Crippen LogP contribution in [0, 0.1) is 0 Å². The number of hydrogen-bond donors (Lipinski definition) is 0. The molecule has 1 amide bonds. The number of nitrogens with zero attached hydrogens (tertiary/aromatic N) is 2. The molecule has 0 radical (unpaired) electrons. The largest absolute Gasteiger partial charge is 0.488 e. The van der Waals surface area contributed by atoms with Crippen LogP contribution in [0.1, 0.15) is 28.4 Å². The number of thioether (sulfide) groups is 1. The van der Waals surface area contributed by atoms with Crippen LogP contribution in [-0.4, -0.2) is 35.6 Å². The van der Waals surface area contributed by atoms with Crippen molar-refractivity contribution in [2.24, 2.45) is 4.99 Å². The molecule has 0 unspecified atom stereocenters. The first-order valence-electron chi connectivity index (χ1n) is 12.3. The van der Waals surface area contributed by atoms with Gasteiger partial charge in [-0.05, 0) is 105 Å². The predicted molar refractivity (Wildman–Crippen MR) is 160 cm³/mol. The van der Waals surface area contributed by atoms with Crippen molar-refractivity contribution in [1.29, 1.82) is 0 Å². The average molecular weight is 602 g/mol. The second-order valence-corrected chi connectivity index (χ2v) is 10.7. The third-order valence-corrected chi connectivity index (χ3v) is 7.75. The van der Waals surface area contributed by atoms with Gasteiger partial charge in [0.2, 0.25) is 0 Å². The molecule has 196 valence electrons. The molecule has 4 aromatic rings. The molecule has 0 spiro atoms. The van der Waals surface area contributed by atoms with Crippen LogP contribution in [0.4, 0.5) is 5.69 Å². The number of fused-ring (bicyclic) bond motifs is 1. The number of ether oxygens (including phenoxy) is 2. The molecule has 0 bridgehead atoms. The zero-order valence-corrected chi connectivity index (χ0v) is 23.8. The van der Waals surface area contributed by atoms with Gasteiger partial charge in [-0.15, -0.1) is 0 Å². The van der Waals surface area contributed by atoms with Gasteiger partial charge >= 0.3 is 5.97 Å². The molecule has 1 heterocycles. The minimum atomic E-state index is -0.374. The van der Waals surface area contributed by atoms with Crippen LogP contribution in [0.15, 0.2) is 99.3 Å². The molecule has 0 aliphatic carbocycles. The average Bonchev–Trinajstić information content (AvgIpc) is 3.20. The zero-order valence-electron chi connectivity index (χ0n) is 21.4. The maximum atomic E-state index is 12.9. The smallest absolute Gasteiger partial charge is 0.338 e. The van der Waals surface area contributed by atoms with E-state index >= 15 is 0 Å². The van der Waals surface area contributed by atoms with Crippen LogP contribution in [0.25, 0.3) is 16.8 Å². The summed E-state index contributed by atoms with van der Waals surface area (Å²) in [5.74, 6) is 0.219. The van der Waals surface area contributed by atoms with Gasteiger partial charge in [0.25, 0.3) is 5.91 Å². The number of likely N-dealkylation sites (N-methyl/N-ethyl adjacent to an activating group) is 1. The Hall–Kier alpha value is -3.88. The fourth-order valence-electron chi connectivity index (χ4n) is 4.01. The van der Waals surface area contributed by atoms with Crippen molar-refractivity contribution in [2.75, 3.05) is 13.7 Å². The summed E-state index contributed by atoms with van der Waals surface area (Å²) in [6.45, 7) is 2.53. The first kappa shape index (κ1) is 26.7. The van der Waals surface area contributed by atoms with Gasteiger partial charge in [0.05, 0.1) is 27.2 Å². The first-order chi connectivity index (χ1) is 18.9. The molecule has 0 N–H and O–H groups in total. The molecule has 39 heavy (non-hydrogen) atoms. The normalized spacial score (nSPS) is 15.4. The SMILES string of the molecule is CCOC(=O)c1ccc(N=C2SC(=Cc3ccc(OCc4ccc5ccccc5c4)c(Br)c3)C(=O)N2C)cc1. The number of amidine groups is 1. The molecular weight excluding hydrogens is 576 g/mol. The van der Waals surface area contributed by atoms with E-state index in [2.05, 4.69) is 51.3 Å². The summed E-state index contributed by atoms with van der Waals surface area (Å²) in [5, 5.41) is 2.94. The van der Waals surface area contributed by atoms with Gasteiger partial charge < -0.3 is 9.47 Å². The predicted octanol–water partition coefficient (Wildman–Crippen LogP) is 7.59. The Balaban J connectivity index is 1.27. The van der Waals surface area contributed by atoms with Gasteiger partial charge in [0.15, 0.2) is 5.17 Å². The second kappa shape index (κ2) is 11.9. The van der Waals surface area contributed by atoms with E-state index in [9.17, 15) is 9.59 Å². The molecule has 0 atom stereocenters. The van der Waals surface area contributed by atoms with E-state index in [-0.39, 0.29) is 11.9 Å². The summed E-state index contributed by atoms with van der Waals surface area (Å²) < 4.78 is 11.9. The number of benzene rings is 4. The number of carbonyl (C=O) groups excluding carboxylic acids is 2. The second-order valence-electron chi connectivity index (χ2n) is 8.80. The third kappa shape index (κ3) is 6.24. The van der Waals surface area contributed by atoms with Gasteiger partial charge in [0.1, 0.15) is 12.4 Å². The monoisotopic (exact) mass is 600 g/mol. The molecule has 0 aromatic heterocycles. The van der Waals surface area contributed by atoms with Crippen molar-refractivity contribution in [3.8, 4) is 5.75 Å². The van der Waals surface area contributed by atoms with Crippen LogP contribution in [0.2, 0.25) is 0 Å². The number of amides is 1. The number of esters is 1. The van der Waals surface area contributed by atoms with E-state index in [1.807, 2.05) is 36.4 Å². The molecular formula is C31H25BrN2O4S. The minimum Gasteiger partial charge on any atom is -0.488 e. The summed E-state index contributed by atoms with van der Waals surface area (Å²) in [6, 6.07) is 27.1. The van der Waals surface area contributed by atoms with Crippen molar-refractivity contribution in [3.05, 3.63) is 111 Å². The Labute approximate surface area is 239 Å². The molecule has 8 heteroatoms. The lowest BCUT2D eigenvalue weighted by molar-refractivity contribution is -0.121. The molecule has 0 saturated carbocycles. The lowest BCUT2D eigenvalue weighted by atomic mass is 10.1. The van der Waals surface area contributed by atoms with Gasteiger partial charge in [-0.2, -0.15) is 0 Å². The van der Waals surface area contributed by atoms with Crippen molar-refractivity contribution < 1.29 is 19.1 Å². The highest BCUT2D eigenvalue weighted by molar-refractivity contribution is 9.10. The summed E-state index contributed by atoms with van der Waals surface area (Å²) in [7, 11) is 1.70. The highest BCUT2D eigenvalue weighted by atomic mass is 79.9. The minimum absolute atomic E-state index is 0.130. The Morgan fingerprint density at radius 2 is 1.77 bits per heavy atom. The lowest BCUT2D eigenvalue weighted by Gasteiger charge is -2.10. The van der Waals surface area contributed by atoms with Gasteiger partial charge in [-0.3, -0.25) is 9.69 Å². The highest BCUT2D eigenvalue weighted by Crippen LogP contribution is 2.35. The topological polar surface area (TPSA) is 68.2 Å². The Kier molecular flexibility index (Phi) is 8.14. The van der Waals surface area contributed by atoms with Gasteiger partial charge in [-0.1, -0.05) is 42.5 Å². The zero-order chi connectivity index (χ0) is 27.4. The molecule has 1 aliphatic heterocycles. The van der Waals surface area contributed by atoms with Crippen LogP contribution in [-0.2, 0) is 16.1 Å². The first-order valence-corrected chi connectivity index (χ1v) is 14.0. The molecule has 1 saturated heterocycles. The van der Waals surface area contributed by atoms with Crippen LogP contribution < -0.4 is 4.74 Å². The number of aliphatic imine (C=N–C) groups is 1. The van der Waals surface area contributed by atoms with E-state index in [1.54, 1.807) is 38.2 Å². The van der Waals surface area contributed by atoms with E-state index in [0.717, 1.165) is 21.3 Å². The van der Waals surface area contributed by atoms with Crippen molar-refractivity contribution in [2.45, 2.75) is 13.5 Å². The van der Waals surface area contributed by atoms with Crippen LogP contribution in [0.3, 0.4) is 0 Å². The van der Waals surface area contributed by atoms with Gasteiger partial charge in [-0.25, -0.2) is 9.79 Å². The number of carbonyl (C=O) groups is 2. The Morgan fingerprint density at radius 1 is 1.00 bits per heavy atom. The molecule has 4 aromatic carbocycles. The summed E-state index contributed by atoms with van der Waals surface area (Å²) in [6.07, 6.45) is 1.84. The summed E-state index contributed by atoms with van der Waals surface area (Å²) in [4.78, 5) is 31.4. The number of hydrogen-bond acceptors (Lipinski definition) is 6. The van der Waals surface area contributed by atoms with Crippen LogP contribution in [0.5, 0.6) is 5.75 Å². The molecule has 5 rings (SSSR count). The third-order valence-electron chi connectivity index (χ3n) is 6.07. The van der Waals surface area contributed by atoms with Crippen LogP contribution >= 0.6 is 27.7 Å². The quantitative estimate of drug-likeness (QED) is 0.161. The lowest BCUT2D eigenvalue weighted by Crippen LogP contribution is -2.23. The van der Waals surface area contributed by atoms with Crippen molar-refractivity contribution in [3.63, 3.8) is 0 Å².